The molecule has 1 rings (SSSR count). The van der Waals surface area contributed by atoms with Crippen molar-refractivity contribution in [1.82, 2.24) is 5.32 Å². The van der Waals surface area contributed by atoms with Crippen molar-refractivity contribution in [1.29, 1.82) is 5.26 Å². The highest BCUT2D eigenvalue weighted by Crippen LogP contribution is 2.19. The third-order valence-electron chi connectivity index (χ3n) is 2.76. The highest BCUT2D eigenvalue weighted by Gasteiger charge is 2.24. The lowest BCUT2D eigenvalue weighted by Crippen LogP contribution is -2.44. The van der Waals surface area contributed by atoms with E-state index in [-0.39, 0.29) is 11.3 Å². The summed E-state index contributed by atoms with van der Waals surface area (Å²) in [6.45, 7) is 3.43. The van der Waals surface area contributed by atoms with Gasteiger partial charge in [-0.2, -0.15) is 5.26 Å². The fourth-order valence-corrected chi connectivity index (χ4v) is 1.32. The van der Waals surface area contributed by atoms with Crippen LogP contribution >= 0.6 is 0 Å². The van der Waals surface area contributed by atoms with Crippen LogP contribution in [0, 0.1) is 17.1 Å². The third-order valence-corrected chi connectivity index (χ3v) is 2.76. The number of carbonyl (C=O) groups excluding carboxylic acids is 1. The first kappa shape index (κ1) is 14.0. The Morgan fingerprint density at radius 3 is 2.78 bits per heavy atom. The van der Waals surface area contributed by atoms with E-state index in [1.165, 1.54) is 19.2 Å². The number of hydrogen-bond donors (Lipinski definition) is 1. The quantitative estimate of drug-likeness (QED) is 0.891. The van der Waals surface area contributed by atoms with Crippen molar-refractivity contribution >= 4 is 5.91 Å². The Bertz CT molecular complexity index is 496. The number of halogens is 1. The predicted octanol–water partition coefficient (Wildman–Crippen LogP) is 2.26. The molecule has 0 bridgehead atoms. The van der Waals surface area contributed by atoms with Crippen molar-refractivity contribution in [3.8, 4) is 11.8 Å². The van der Waals surface area contributed by atoms with E-state index in [1.807, 2.05) is 6.07 Å². The van der Waals surface area contributed by atoms with E-state index in [0.29, 0.717) is 6.42 Å². The molecule has 5 heteroatoms. The molecule has 1 aromatic carbocycles. The van der Waals surface area contributed by atoms with E-state index in [4.69, 9.17) is 10.00 Å². The molecule has 96 valence electrons. The average Bonchev–Trinajstić information content (AvgIpc) is 2.39. The summed E-state index contributed by atoms with van der Waals surface area (Å²) in [6.07, 6.45) is 0.480. The molecule has 1 unspecified atom stereocenters. The van der Waals surface area contributed by atoms with E-state index < -0.39 is 17.3 Å². The van der Waals surface area contributed by atoms with E-state index >= 15 is 0 Å². The number of amides is 1. The predicted molar refractivity (Wildman–Crippen MR) is 64.7 cm³/mol. The van der Waals surface area contributed by atoms with Crippen molar-refractivity contribution in [3.05, 3.63) is 29.6 Å². The van der Waals surface area contributed by atoms with Crippen LogP contribution in [-0.4, -0.2) is 18.6 Å². The monoisotopic (exact) mass is 250 g/mol. The largest absolute Gasteiger partial charge is 0.494 e. The molecule has 0 spiro atoms. The molecule has 0 aromatic heterocycles. The van der Waals surface area contributed by atoms with Crippen molar-refractivity contribution in [3.63, 3.8) is 0 Å². The first-order valence-electron chi connectivity index (χ1n) is 5.53. The molecule has 1 atom stereocenters. The second-order valence-electron chi connectivity index (χ2n) is 4.10. The zero-order valence-corrected chi connectivity index (χ0v) is 10.6. The Balaban J connectivity index is 2.95. The van der Waals surface area contributed by atoms with Gasteiger partial charge in [0.15, 0.2) is 11.6 Å². The average molecular weight is 250 g/mol. The maximum atomic E-state index is 13.2. The second-order valence-corrected chi connectivity index (χ2v) is 4.10. The van der Waals surface area contributed by atoms with Crippen LogP contribution in [0.4, 0.5) is 4.39 Å². The molecule has 1 aromatic rings. The van der Waals surface area contributed by atoms with Crippen molar-refractivity contribution in [2.75, 3.05) is 7.11 Å². The van der Waals surface area contributed by atoms with Crippen LogP contribution in [0.1, 0.15) is 30.6 Å². The lowest BCUT2D eigenvalue weighted by molar-refractivity contribution is 0.0922. The van der Waals surface area contributed by atoms with Crippen LogP contribution in [0.25, 0.3) is 0 Å². The van der Waals surface area contributed by atoms with Gasteiger partial charge in [-0.1, -0.05) is 6.92 Å². The summed E-state index contributed by atoms with van der Waals surface area (Å²) in [5, 5.41) is 11.6. The van der Waals surface area contributed by atoms with Gasteiger partial charge in [0, 0.05) is 5.56 Å². The standard InChI is InChI=1S/C13H15FN2O2/c1-4-13(2,8-15)16-12(17)9-5-6-10(14)11(7-9)18-3/h5-7H,4H2,1-3H3,(H,16,17). The summed E-state index contributed by atoms with van der Waals surface area (Å²) < 4.78 is 18.0. The van der Waals surface area contributed by atoms with Crippen LogP contribution in [0.15, 0.2) is 18.2 Å². The molecule has 0 fully saturated rings. The molecule has 0 aliphatic rings. The van der Waals surface area contributed by atoms with E-state index in [9.17, 15) is 9.18 Å². The Morgan fingerprint density at radius 1 is 1.61 bits per heavy atom. The number of hydrogen-bond acceptors (Lipinski definition) is 3. The van der Waals surface area contributed by atoms with Crippen LogP contribution in [0.2, 0.25) is 0 Å². The first-order chi connectivity index (χ1) is 8.45. The van der Waals surface area contributed by atoms with Crippen molar-refractivity contribution in [2.24, 2.45) is 0 Å². The molecule has 1 amide bonds. The topological polar surface area (TPSA) is 62.1 Å². The van der Waals surface area contributed by atoms with Crippen LogP contribution in [0.3, 0.4) is 0 Å². The molecule has 0 radical (unpaired) electrons. The van der Waals surface area contributed by atoms with E-state index in [1.54, 1.807) is 13.8 Å². The summed E-state index contributed by atoms with van der Waals surface area (Å²) in [5.41, 5.74) is -0.679. The van der Waals surface area contributed by atoms with Gasteiger partial charge >= 0.3 is 0 Å². The van der Waals surface area contributed by atoms with Gasteiger partial charge in [0.1, 0.15) is 5.54 Å². The zero-order chi connectivity index (χ0) is 13.8. The molecule has 4 nitrogen and oxygen atoms in total. The number of carbonyl (C=O) groups is 1. The van der Waals surface area contributed by atoms with Gasteiger partial charge in [-0.05, 0) is 31.5 Å². The summed E-state index contributed by atoms with van der Waals surface area (Å²) in [5.74, 6) is -0.968. The number of nitriles is 1. The fraction of sp³-hybridized carbons (Fsp3) is 0.385. The van der Waals surface area contributed by atoms with Gasteiger partial charge in [0.2, 0.25) is 0 Å². The molecule has 0 saturated heterocycles. The number of ether oxygens (including phenoxy) is 1. The number of rotatable bonds is 4. The van der Waals surface area contributed by atoms with Crippen LogP contribution in [-0.2, 0) is 0 Å². The van der Waals surface area contributed by atoms with Crippen molar-refractivity contribution < 1.29 is 13.9 Å². The minimum atomic E-state index is -0.932. The Labute approximate surface area is 105 Å². The number of nitrogens with zero attached hydrogens (tertiary/aromatic N) is 1. The lowest BCUT2D eigenvalue weighted by Gasteiger charge is -2.21. The van der Waals surface area contributed by atoms with Gasteiger partial charge < -0.3 is 10.1 Å². The number of methoxy groups -OCH3 is 1. The molecule has 18 heavy (non-hydrogen) atoms. The molecule has 0 saturated carbocycles. The van der Waals surface area contributed by atoms with Crippen molar-refractivity contribution in [2.45, 2.75) is 25.8 Å². The molecule has 0 aliphatic carbocycles. The normalized spacial score (nSPS) is 13.3. The highest BCUT2D eigenvalue weighted by molar-refractivity contribution is 5.95. The maximum absolute atomic E-state index is 13.2. The fourth-order valence-electron chi connectivity index (χ4n) is 1.32. The summed E-state index contributed by atoms with van der Waals surface area (Å²) >= 11 is 0. The molecule has 1 N–H and O–H groups in total. The van der Waals surface area contributed by atoms with Crippen LogP contribution < -0.4 is 10.1 Å². The maximum Gasteiger partial charge on any atom is 0.252 e. The number of benzene rings is 1. The van der Waals surface area contributed by atoms with Gasteiger partial charge in [-0.25, -0.2) is 4.39 Å². The smallest absolute Gasteiger partial charge is 0.252 e. The lowest BCUT2D eigenvalue weighted by atomic mass is 10.0. The highest BCUT2D eigenvalue weighted by atomic mass is 19.1. The molecular formula is C13H15FN2O2. The van der Waals surface area contributed by atoms with E-state index in [2.05, 4.69) is 5.32 Å². The van der Waals surface area contributed by atoms with Gasteiger partial charge in [-0.15, -0.1) is 0 Å². The zero-order valence-electron chi connectivity index (χ0n) is 10.6. The Kier molecular flexibility index (Phi) is 4.27. The molecule has 0 aliphatic heterocycles. The van der Waals surface area contributed by atoms with Crippen LogP contribution in [0.5, 0.6) is 5.75 Å². The first-order valence-corrected chi connectivity index (χ1v) is 5.53. The molecule has 0 heterocycles. The summed E-state index contributed by atoms with van der Waals surface area (Å²) in [4.78, 5) is 11.9. The Hall–Kier alpha value is -2.09. The van der Waals surface area contributed by atoms with E-state index in [0.717, 1.165) is 6.07 Å². The second kappa shape index (κ2) is 5.50. The van der Waals surface area contributed by atoms with Gasteiger partial charge in [0.05, 0.1) is 13.2 Å². The SMILES string of the molecule is CCC(C)(C#N)NC(=O)c1ccc(F)c(OC)c1. The minimum Gasteiger partial charge on any atom is -0.494 e. The summed E-state index contributed by atoms with van der Waals surface area (Å²) in [7, 11) is 1.32. The summed E-state index contributed by atoms with van der Waals surface area (Å²) in [6, 6.07) is 5.84. The Morgan fingerprint density at radius 2 is 2.28 bits per heavy atom. The van der Waals surface area contributed by atoms with Gasteiger partial charge in [0.25, 0.3) is 5.91 Å². The minimum absolute atomic E-state index is 0.00203. The van der Waals surface area contributed by atoms with Gasteiger partial charge in [-0.3, -0.25) is 4.79 Å². The number of nitrogens with one attached hydrogen (secondary N) is 1. The molecular weight excluding hydrogens is 235 g/mol. The third kappa shape index (κ3) is 2.98.